The van der Waals surface area contributed by atoms with Crippen molar-refractivity contribution in [2.24, 2.45) is 9.98 Å². The lowest BCUT2D eigenvalue weighted by molar-refractivity contribution is 0.668. The number of benzene rings is 7. The molecular formula is C43H29N3O. The van der Waals surface area contributed by atoms with Crippen molar-refractivity contribution in [3.63, 3.8) is 0 Å². The summed E-state index contributed by atoms with van der Waals surface area (Å²) in [5, 5.41) is 8.18. The van der Waals surface area contributed by atoms with E-state index in [1.807, 2.05) is 48.5 Å². The number of furan rings is 1. The molecule has 0 fully saturated rings. The molecule has 0 aliphatic carbocycles. The van der Waals surface area contributed by atoms with Crippen molar-refractivity contribution in [1.82, 2.24) is 5.32 Å². The van der Waals surface area contributed by atoms with E-state index in [9.17, 15) is 0 Å². The number of nitrogens with zero attached hydrogens (tertiary/aromatic N) is 2. The number of nitrogens with one attached hydrogen (secondary N) is 1. The van der Waals surface area contributed by atoms with Gasteiger partial charge in [0, 0.05) is 21.9 Å². The Morgan fingerprint density at radius 2 is 1.00 bits per heavy atom. The van der Waals surface area contributed by atoms with Crippen LogP contribution in [0.25, 0.3) is 55.0 Å². The first-order valence-corrected chi connectivity index (χ1v) is 15.9. The molecule has 0 saturated heterocycles. The van der Waals surface area contributed by atoms with Gasteiger partial charge < -0.3 is 9.73 Å². The van der Waals surface area contributed by atoms with Crippen LogP contribution >= 0.6 is 0 Å². The van der Waals surface area contributed by atoms with Gasteiger partial charge in [0.25, 0.3) is 0 Å². The maximum absolute atomic E-state index is 6.56. The maximum Gasteiger partial charge on any atom is 0.159 e. The van der Waals surface area contributed by atoms with Crippen LogP contribution in [0, 0.1) is 0 Å². The topological polar surface area (TPSA) is 49.9 Å². The van der Waals surface area contributed by atoms with E-state index < -0.39 is 0 Å². The molecule has 1 unspecified atom stereocenters. The van der Waals surface area contributed by atoms with Crippen LogP contribution in [-0.4, -0.2) is 11.7 Å². The lowest BCUT2D eigenvalue weighted by Gasteiger charge is -2.24. The van der Waals surface area contributed by atoms with Gasteiger partial charge in [-0.15, -0.1) is 0 Å². The first-order chi connectivity index (χ1) is 23.3. The Morgan fingerprint density at radius 3 is 1.70 bits per heavy atom. The number of hydrogen-bond acceptors (Lipinski definition) is 4. The molecule has 0 bridgehead atoms. The van der Waals surface area contributed by atoms with Gasteiger partial charge in [-0.1, -0.05) is 152 Å². The Balaban J connectivity index is 1.27. The largest absolute Gasteiger partial charge is 0.456 e. The first kappa shape index (κ1) is 27.1. The predicted octanol–water partition coefficient (Wildman–Crippen LogP) is 10.6. The molecule has 7 aromatic carbocycles. The van der Waals surface area contributed by atoms with Crippen LogP contribution < -0.4 is 5.32 Å². The third kappa shape index (κ3) is 4.70. The van der Waals surface area contributed by atoms with Crippen molar-refractivity contribution in [1.29, 1.82) is 0 Å². The zero-order chi connectivity index (χ0) is 31.2. The van der Waals surface area contributed by atoms with Crippen LogP contribution in [0.2, 0.25) is 0 Å². The Kier molecular flexibility index (Phi) is 6.50. The minimum Gasteiger partial charge on any atom is -0.456 e. The fourth-order valence-electron chi connectivity index (χ4n) is 6.80. The zero-order valence-corrected chi connectivity index (χ0v) is 25.5. The summed E-state index contributed by atoms with van der Waals surface area (Å²) in [5.74, 6) is 1.46. The van der Waals surface area contributed by atoms with Crippen molar-refractivity contribution in [3.8, 4) is 22.3 Å². The highest BCUT2D eigenvalue weighted by atomic mass is 16.3. The first-order valence-electron chi connectivity index (χ1n) is 15.9. The second kappa shape index (κ2) is 11.3. The van der Waals surface area contributed by atoms with Gasteiger partial charge >= 0.3 is 0 Å². The van der Waals surface area contributed by atoms with Gasteiger partial charge in [-0.05, 0) is 50.7 Å². The molecule has 1 aliphatic heterocycles. The average molecular weight is 604 g/mol. The fourth-order valence-corrected chi connectivity index (χ4v) is 6.80. The molecule has 0 radical (unpaired) electrons. The van der Waals surface area contributed by atoms with Gasteiger partial charge in [0.2, 0.25) is 0 Å². The van der Waals surface area contributed by atoms with Crippen LogP contribution in [0.5, 0.6) is 0 Å². The van der Waals surface area contributed by atoms with Crippen LogP contribution in [0.3, 0.4) is 0 Å². The van der Waals surface area contributed by atoms with Crippen LogP contribution in [0.4, 0.5) is 0 Å². The Hall–Kier alpha value is -6.26. The normalized spacial score (nSPS) is 14.6. The minimum atomic E-state index is -0.290. The van der Waals surface area contributed by atoms with Gasteiger partial charge in [-0.25, -0.2) is 9.98 Å². The third-order valence-electron chi connectivity index (χ3n) is 8.97. The molecule has 4 heteroatoms. The molecule has 0 amide bonds. The minimum absolute atomic E-state index is 0.290. The molecule has 0 spiro atoms. The van der Waals surface area contributed by atoms with Crippen LogP contribution in [0.15, 0.2) is 178 Å². The SMILES string of the molecule is c1ccc(C2=NC(c3ccccc3)NC(c3cccc4oc5cccc(-c6ccc(-c7ccccc7)c7ccccc67)c5c34)=N2)cc1. The number of fused-ring (bicyclic) bond motifs is 4. The van der Waals surface area contributed by atoms with Gasteiger partial charge in [0.05, 0.1) is 0 Å². The highest BCUT2D eigenvalue weighted by Gasteiger charge is 2.25. The van der Waals surface area contributed by atoms with Crippen LogP contribution in [-0.2, 0) is 0 Å². The lowest BCUT2D eigenvalue weighted by Crippen LogP contribution is -2.33. The second-order valence-electron chi connectivity index (χ2n) is 11.8. The van der Waals surface area contributed by atoms with E-state index >= 15 is 0 Å². The van der Waals surface area contributed by atoms with E-state index in [1.54, 1.807) is 0 Å². The summed E-state index contributed by atoms with van der Waals surface area (Å²) in [5.41, 5.74) is 9.39. The van der Waals surface area contributed by atoms with E-state index in [2.05, 4.69) is 121 Å². The molecule has 47 heavy (non-hydrogen) atoms. The molecule has 0 saturated carbocycles. The third-order valence-corrected chi connectivity index (χ3v) is 8.97. The summed E-state index contributed by atoms with van der Waals surface area (Å²) in [4.78, 5) is 10.2. The summed E-state index contributed by atoms with van der Waals surface area (Å²) in [6.07, 6.45) is -0.290. The summed E-state index contributed by atoms with van der Waals surface area (Å²) >= 11 is 0. The highest BCUT2D eigenvalue weighted by molar-refractivity contribution is 6.25. The van der Waals surface area contributed by atoms with Gasteiger partial charge in [-0.2, -0.15) is 0 Å². The lowest BCUT2D eigenvalue weighted by atomic mass is 9.90. The van der Waals surface area contributed by atoms with Gasteiger partial charge in [-0.3, -0.25) is 0 Å². The smallest absolute Gasteiger partial charge is 0.159 e. The van der Waals surface area contributed by atoms with Crippen molar-refractivity contribution in [2.45, 2.75) is 6.17 Å². The number of hydrogen-bond donors (Lipinski definition) is 1. The molecule has 222 valence electrons. The number of amidine groups is 2. The van der Waals surface area contributed by atoms with Gasteiger partial charge in [0.1, 0.15) is 23.2 Å². The maximum atomic E-state index is 6.56. The summed E-state index contributed by atoms with van der Waals surface area (Å²) in [7, 11) is 0. The molecule has 1 atom stereocenters. The van der Waals surface area contributed by atoms with Crippen molar-refractivity contribution in [2.75, 3.05) is 0 Å². The number of rotatable bonds is 5. The quantitative estimate of drug-likeness (QED) is 0.213. The molecule has 1 aromatic heterocycles. The van der Waals surface area contributed by atoms with E-state index in [0.29, 0.717) is 5.84 Å². The predicted molar refractivity (Wildman–Crippen MR) is 194 cm³/mol. The number of aliphatic imine (C=N–C) groups is 2. The average Bonchev–Trinajstić information content (AvgIpc) is 3.55. The van der Waals surface area contributed by atoms with Crippen molar-refractivity contribution >= 4 is 44.4 Å². The van der Waals surface area contributed by atoms with Crippen molar-refractivity contribution in [3.05, 3.63) is 180 Å². The Morgan fingerprint density at radius 1 is 0.447 bits per heavy atom. The van der Waals surface area contributed by atoms with Gasteiger partial charge in [0.15, 0.2) is 5.84 Å². The van der Waals surface area contributed by atoms with E-state index in [0.717, 1.165) is 55.6 Å². The molecule has 9 rings (SSSR count). The zero-order valence-electron chi connectivity index (χ0n) is 25.5. The summed E-state index contributed by atoms with van der Waals surface area (Å²) in [6.45, 7) is 0. The highest BCUT2D eigenvalue weighted by Crippen LogP contribution is 2.42. The molecule has 2 heterocycles. The molecular weight excluding hydrogens is 574 g/mol. The second-order valence-corrected chi connectivity index (χ2v) is 11.8. The van der Waals surface area contributed by atoms with E-state index in [4.69, 9.17) is 14.4 Å². The fraction of sp³-hybridized carbons (Fsp3) is 0.0233. The molecule has 1 aliphatic rings. The van der Waals surface area contributed by atoms with E-state index in [-0.39, 0.29) is 6.17 Å². The summed E-state index contributed by atoms with van der Waals surface area (Å²) < 4.78 is 6.56. The Bertz CT molecular complexity index is 2480. The monoisotopic (exact) mass is 603 g/mol. The standard InChI is InChI=1S/C43H29N3O/c1-4-14-28(15-5-1)31-26-27-34(33-21-11-10-20-32(31)33)35-22-12-24-37-39(35)40-36(23-13-25-38(40)47-37)43-45-41(29-16-6-2-7-17-29)44-42(46-43)30-18-8-3-9-19-30/h1-27,41H,(H,44,45,46). The summed E-state index contributed by atoms with van der Waals surface area (Å²) in [6, 6.07) is 56.8. The Labute approximate surface area is 272 Å². The molecule has 8 aromatic rings. The molecule has 4 nitrogen and oxygen atoms in total. The molecule has 1 N–H and O–H groups in total. The van der Waals surface area contributed by atoms with Crippen LogP contribution in [0.1, 0.15) is 22.9 Å². The van der Waals surface area contributed by atoms with Crippen molar-refractivity contribution < 1.29 is 4.42 Å². The van der Waals surface area contributed by atoms with E-state index in [1.165, 1.54) is 21.9 Å².